The zero-order valence-electron chi connectivity index (χ0n) is 10.6. The van der Waals surface area contributed by atoms with E-state index >= 15 is 0 Å². The Balaban J connectivity index is 1.78. The molecule has 7 heteroatoms. The van der Waals surface area contributed by atoms with E-state index in [1.165, 1.54) is 11.3 Å². The van der Waals surface area contributed by atoms with Crippen molar-refractivity contribution in [3.8, 4) is 0 Å². The first kappa shape index (κ1) is 13.0. The van der Waals surface area contributed by atoms with Gasteiger partial charge in [0, 0.05) is 11.1 Å². The third-order valence-electron chi connectivity index (χ3n) is 2.57. The van der Waals surface area contributed by atoms with Crippen molar-refractivity contribution in [1.82, 2.24) is 9.97 Å². The molecule has 2 heterocycles. The third-order valence-corrected chi connectivity index (χ3v) is 4.12. The predicted octanol–water partition coefficient (Wildman–Crippen LogP) is 3.67. The number of nitrogens with zero attached hydrogens (tertiary/aromatic N) is 2. The van der Waals surface area contributed by atoms with E-state index in [2.05, 4.69) is 15.3 Å². The maximum absolute atomic E-state index is 11.5. The van der Waals surface area contributed by atoms with Crippen LogP contribution in [0, 0.1) is 0 Å². The Kier molecular flexibility index (Phi) is 3.62. The maximum Gasteiger partial charge on any atom is 0.357 e. The van der Waals surface area contributed by atoms with E-state index in [0.29, 0.717) is 17.4 Å². The second-order valence-corrected chi connectivity index (χ2v) is 5.66. The number of rotatable bonds is 4. The monoisotopic (exact) mass is 305 g/mol. The van der Waals surface area contributed by atoms with Crippen molar-refractivity contribution in [2.24, 2.45) is 0 Å². The lowest BCUT2D eigenvalue weighted by Crippen LogP contribution is -2.04. The molecule has 20 heavy (non-hydrogen) atoms. The van der Waals surface area contributed by atoms with Crippen LogP contribution in [0.2, 0.25) is 0 Å². The maximum atomic E-state index is 11.5. The van der Waals surface area contributed by atoms with E-state index in [9.17, 15) is 4.79 Å². The van der Waals surface area contributed by atoms with Crippen LogP contribution in [0.15, 0.2) is 29.1 Å². The molecule has 3 aromatic rings. The van der Waals surface area contributed by atoms with Crippen molar-refractivity contribution in [2.45, 2.75) is 6.92 Å². The lowest BCUT2D eigenvalue weighted by atomic mass is 10.3. The van der Waals surface area contributed by atoms with Gasteiger partial charge in [0.15, 0.2) is 10.8 Å². The molecule has 0 bridgehead atoms. The molecule has 0 aliphatic heterocycles. The minimum atomic E-state index is -0.394. The van der Waals surface area contributed by atoms with Crippen LogP contribution >= 0.6 is 22.7 Å². The number of carbonyl (C=O) groups is 1. The molecule has 0 saturated carbocycles. The van der Waals surface area contributed by atoms with E-state index < -0.39 is 5.97 Å². The summed E-state index contributed by atoms with van der Waals surface area (Å²) >= 11 is 2.96. The van der Waals surface area contributed by atoms with Crippen LogP contribution < -0.4 is 5.32 Å². The highest BCUT2D eigenvalue weighted by molar-refractivity contribution is 7.16. The number of benzene rings is 1. The molecule has 0 spiro atoms. The number of hydrogen-bond acceptors (Lipinski definition) is 7. The Morgan fingerprint density at radius 2 is 2.30 bits per heavy atom. The van der Waals surface area contributed by atoms with Gasteiger partial charge in [-0.05, 0) is 25.1 Å². The minimum absolute atomic E-state index is 0.332. The van der Waals surface area contributed by atoms with E-state index in [4.69, 9.17) is 4.74 Å². The van der Waals surface area contributed by atoms with Gasteiger partial charge in [-0.3, -0.25) is 0 Å². The standard InChI is InChI=1S/C13H11N3O2S2/c1-2-18-12(17)10-6-19-13(16-10)15-8-3-4-9-11(5-8)20-7-14-9/h3-7H,2H2,1H3,(H,15,16). The molecule has 0 atom stereocenters. The number of hydrogen-bond donors (Lipinski definition) is 1. The first-order valence-corrected chi connectivity index (χ1v) is 7.75. The van der Waals surface area contributed by atoms with E-state index in [0.717, 1.165) is 15.9 Å². The lowest BCUT2D eigenvalue weighted by molar-refractivity contribution is 0.0520. The number of thiazole rings is 2. The normalized spacial score (nSPS) is 10.7. The van der Waals surface area contributed by atoms with Crippen LogP contribution in [0.4, 0.5) is 10.8 Å². The molecule has 5 nitrogen and oxygen atoms in total. The van der Waals surface area contributed by atoms with Crippen molar-refractivity contribution in [2.75, 3.05) is 11.9 Å². The molecule has 0 amide bonds. The predicted molar refractivity (Wildman–Crippen MR) is 81.0 cm³/mol. The zero-order chi connectivity index (χ0) is 13.9. The summed E-state index contributed by atoms with van der Waals surface area (Å²) in [7, 11) is 0. The summed E-state index contributed by atoms with van der Waals surface area (Å²) in [6, 6.07) is 5.90. The molecule has 0 aliphatic carbocycles. The van der Waals surface area contributed by atoms with Crippen LogP contribution in [0.1, 0.15) is 17.4 Å². The van der Waals surface area contributed by atoms with Gasteiger partial charge in [-0.1, -0.05) is 0 Å². The van der Waals surface area contributed by atoms with Gasteiger partial charge in [0.25, 0.3) is 0 Å². The summed E-state index contributed by atoms with van der Waals surface area (Å²) in [5.41, 5.74) is 4.05. The van der Waals surface area contributed by atoms with Crippen LogP contribution in [0.25, 0.3) is 10.2 Å². The highest BCUT2D eigenvalue weighted by Crippen LogP contribution is 2.26. The molecule has 102 valence electrons. The second-order valence-electron chi connectivity index (χ2n) is 3.92. The fourth-order valence-electron chi connectivity index (χ4n) is 1.69. The van der Waals surface area contributed by atoms with Crippen LogP contribution in [-0.2, 0) is 4.74 Å². The van der Waals surface area contributed by atoms with Gasteiger partial charge in [0.1, 0.15) is 0 Å². The summed E-state index contributed by atoms with van der Waals surface area (Å²) in [5.74, 6) is -0.394. The molecule has 3 rings (SSSR count). The number of carbonyl (C=O) groups excluding carboxylic acids is 1. The number of anilines is 2. The van der Waals surface area contributed by atoms with Gasteiger partial charge in [-0.15, -0.1) is 22.7 Å². The van der Waals surface area contributed by atoms with Gasteiger partial charge < -0.3 is 10.1 Å². The quantitative estimate of drug-likeness (QED) is 0.745. The van der Waals surface area contributed by atoms with Crippen LogP contribution in [0.5, 0.6) is 0 Å². The molecule has 2 aromatic heterocycles. The van der Waals surface area contributed by atoms with E-state index in [-0.39, 0.29) is 0 Å². The molecule has 0 fully saturated rings. The number of esters is 1. The topological polar surface area (TPSA) is 64.1 Å². The number of nitrogens with one attached hydrogen (secondary N) is 1. The summed E-state index contributed by atoms with van der Waals surface area (Å²) < 4.78 is 6.02. The first-order chi connectivity index (χ1) is 9.76. The average molecular weight is 305 g/mol. The van der Waals surface area contributed by atoms with Gasteiger partial charge in [-0.25, -0.2) is 14.8 Å². The molecule has 0 radical (unpaired) electrons. The number of ether oxygens (including phenoxy) is 1. The SMILES string of the molecule is CCOC(=O)c1csc(Nc2ccc3ncsc3c2)n1. The first-order valence-electron chi connectivity index (χ1n) is 5.99. The molecular weight excluding hydrogens is 294 g/mol. The fraction of sp³-hybridized carbons (Fsp3) is 0.154. The van der Waals surface area contributed by atoms with Crippen molar-refractivity contribution < 1.29 is 9.53 Å². The smallest absolute Gasteiger partial charge is 0.357 e. The summed E-state index contributed by atoms with van der Waals surface area (Å²) in [6.45, 7) is 2.12. The molecule has 1 aromatic carbocycles. The van der Waals surface area contributed by atoms with Gasteiger partial charge in [0.2, 0.25) is 0 Å². The molecule has 0 aliphatic rings. The van der Waals surface area contributed by atoms with Crippen molar-refractivity contribution in [1.29, 1.82) is 0 Å². The van der Waals surface area contributed by atoms with Crippen molar-refractivity contribution in [3.05, 3.63) is 34.8 Å². The van der Waals surface area contributed by atoms with Gasteiger partial charge in [0.05, 0.1) is 22.3 Å². The van der Waals surface area contributed by atoms with Crippen LogP contribution in [-0.4, -0.2) is 22.5 Å². The number of aromatic nitrogens is 2. The van der Waals surface area contributed by atoms with E-state index in [1.807, 2.05) is 23.7 Å². The van der Waals surface area contributed by atoms with Crippen molar-refractivity contribution in [3.63, 3.8) is 0 Å². The third kappa shape index (κ3) is 2.63. The molecule has 1 N–H and O–H groups in total. The Bertz CT molecular complexity index is 751. The highest BCUT2D eigenvalue weighted by Gasteiger charge is 2.11. The minimum Gasteiger partial charge on any atom is -0.461 e. The fourth-order valence-corrected chi connectivity index (χ4v) is 3.10. The van der Waals surface area contributed by atoms with Crippen LogP contribution in [0.3, 0.4) is 0 Å². The summed E-state index contributed by atoms with van der Waals surface area (Å²) in [6.07, 6.45) is 0. The summed E-state index contributed by atoms with van der Waals surface area (Å²) in [4.78, 5) is 20.0. The van der Waals surface area contributed by atoms with Gasteiger partial charge >= 0.3 is 5.97 Å². The second kappa shape index (κ2) is 5.56. The lowest BCUT2D eigenvalue weighted by Gasteiger charge is -2.01. The summed E-state index contributed by atoms with van der Waals surface area (Å²) in [5, 5.41) is 5.53. The number of fused-ring (bicyclic) bond motifs is 1. The molecular formula is C13H11N3O2S2. The largest absolute Gasteiger partial charge is 0.461 e. The zero-order valence-corrected chi connectivity index (χ0v) is 12.3. The van der Waals surface area contributed by atoms with E-state index in [1.54, 1.807) is 23.6 Å². The average Bonchev–Trinajstić information content (AvgIpc) is 3.07. The Morgan fingerprint density at radius 1 is 1.40 bits per heavy atom. The molecule has 0 unspecified atom stereocenters. The highest BCUT2D eigenvalue weighted by atomic mass is 32.1. The Hall–Kier alpha value is -1.99. The van der Waals surface area contributed by atoms with Gasteiger partial charge in [-0.2, -0.15) is 0 Å². The van der Waals surface area contributed by atoms with Crippen molar-refractivity contribution >= 4 is 49.7 Å². The Labute approximate surface area is 123 Å². The molecule has 0 saturated heterocycles. The Morgan fingerprint density at radius 3 is 3.15 bits per heavy atom.